The summed E-state index contributed by atoms with van der Waals surface area (Å²) in [7, 11) is 0. The molecule has 0 unspecified atom stereocenters. The predicted octanol–water partition coefficient (Wildman–Crippen LogP) is 2.82. The summed E-state index contributed by atoms with van der Waals surface area (Å²) in [6, 6.07) is 5.99. The summed E-state index contributed by atoms with van der Waals surface area (Å²) in [5.74, 6) is 1.58. The van der Waals surface area contributed by atoms with E-state index in [1.807, 2.05) is 25.3 Å². The summed E-state index contributed by atoms with van der Waals surface area (Å²) in [5.41, 5.74) is 2.12. The zero-order valence-corrected chi connectivity index (χ0v) is 12.7. The molecule has 0 saturated carbocycles. The highest BCUT2D eigenvalue weighted by Gasteiger charge is 2.06. The van der Waals surface area contributed by atoms with Crippen molar-refractivity contribution in [3.63, 3.8) is 0 Å². The summed E-state index contributed by atoms with van der Waals surface area (Å²) in [6.45, 7) is 6.10. The molecule has 0 aliphatic rings. The number of nitrogens with one attached hydrogen (secondary N) is 1. The monoisotopic (exact) mass is 286 g/mol. The summed E-state index contributed by atoms with van der Waals surface area (Å²) >= 11 is 0. The van der Waals surface area contributed by atoms with Crippen molar-refractivity contribution < 1.29 is 4.74 Å². The van der Waals surface area contributed by atoms with Crippen LogP contribution in [0.5, 0.6) is 0 Å². The van der Waals surface area contributed by atoms with Crippen LogP contribution in [0.4, 0.5) is 5.82 Å². The van der Waals surface area contributed by atoms with E-state index >= 15 is 0 Å². The van der Waals surface area contributed by atoms with Gasteiger partial charge in [-0.05, 0) is 25.0 Å². The molecule has 0 radical (unpaired) electrons. The third-order valence-corrected chi connectivity index (χ3v) is 2.92. The first-order valence-electron chi connectivity index (χ1n) is 7.39. The minimum atomic E-state index is 0.443. The number of ether oxygens (including phenoxy) is 1. The molecule has 2 aromatic heterocycles. The molecule has 0 bridgehead atoms. The van der Waals surface area contributed by atoms with Gasteiger partial charge in [-0.25, -0.2) is 9.97 Å². The Morgan fingerprint density at radius 3 is 2.86 bits per heavy atom. The highest BCUT2D eigenvalue weighted by Crippen LogP contribution is 2.12. The van der Waals surface area contributed by atoms with Crippen LogP contribution in [0.15, 0.2) is 30.6 Å². The van der Waals surface area contributed by atoms with E-state index in [2.05, 4.69) is 33.3 Å². The Bertz CT molecular complexity index is 519. The molecule has 5 nitrogen and oxygen atoms in total. The maximum Gasteiger partial charge on any atom is 0.156 e. The summed E-state index contributed by atoms with van der Waals surface area (Å²) in [5, 5.41) is 3.32. The lowest BCUT2D eigenvalue weighted by Crippen LogP contribution is -2.08. The van der Waals surface area contributed by atoms with Crippen molar-refractivity contribution in [1.82, 2.24) is 15.0 Å². The van der Waals surface area contributed by atoms with E-state index in [9.17, 15) is 0 Å². The van der Waals surface area contributed by atoms with Crippen LogP contribution in [0.1, 0.15) is 37.4 Å². The van der Waals surface area contributed by atoms with Crippen LogP contribution < -0.4 is 5.32 Å². The van der Waals surface area contributed by atoms with Crippen LogP contribution in [0.3, 0.4) is 0 Å². The van der Waals surface area contributed by atoms with Gasteiger partial charge in [0.1, 0.15) is 12.4 Å². The number of aromatic nitrogens is 3. The predicted molar refractivity (Wildman–Crippen MR) is 83.2 cm³/mol. The molecule has 0 fully saturated rings. The zero-order chi connectivity index (χ0) is 14.9. The first-order chi connectivity index (χ1) is 10.3. The van der Waals surface area contributed by atoms with Gasteiger partial charge in [-0.1, -0.05) is 13.0 Å². The second-order valence-electron chi connectivity index (χ2n) is 4.76. The normalized spacial score (nSPS) is 10.6. The average molecular weight is 286 g/mol. The maximum absolute atomic E-state index is 5.42. The van der Waals surface area contributed by atoms with E-state index in [0.717, 1.165) is 42.3 Å². The van der Waals surface area contributed by atoms with Crippen molar-refractivity contribution in [3.05, 3.63) is 47.7 Å². The number of pyridine rings is 1. The van der Waals surface area contributed by atoms with E-state index in [-0.39, 0.29) is 0 Å². The molecule has 0 saturated heterocycles. The van der Waals surface area contributed by atoms with Crippen molar-refractivity contribution in [2.24, 2.45) is 0 Å². The van der Waals surface area contributed by atoms with Crippen LogP contribution in [0.25, 0.3) is 0 Å². The molecule has 0 aliphatic heterocycles. The third-order valence-electron chi connectivity index (χ3n) is 2.92. The smallest absolute Gasteiger partial charge is 0.156 e. The van der Waals surface area contributed by atoms with Crippen molar-refractivity contribution in [2.75, 3.05) is 18.5 Å². The highest BCUT2D eigenvalue weighted by molar-refractivity contribution is 5.37. The van der Waals surface area contributed by atoms with E-state index in [4.69, 9.17) is 4.74 Å². The standard InChI is InChI=1S/C16H22N4O/c1-3-7-18-15-10-14(9-13-6-5-8-17-11-13)19-16(20-15)12-21-4-2/h5-6,8,10-11H,3-4,7,9,12H2,1-2H3,(H,18,19,20). The molecular weight excluding hydrogens is 264 g/mol. The van der Waals surface area contributed by atoms with Gasteiger partial charge in [0.05, 0.1) is 5.69 Å². The number of hydrogen-bond donors (Lipinski definition) is 1. The Kier molecular flexibility index (Phi) is 6.09. The molecule has 112 valence electrons. The quantitative estimate of drug-likeness (QED) is 0.808. The number of anilines is 1. The molecule has 0 amide bonds. The lowest BCUT2D eigenvalue weighted by Gasteiger charge is -2.09. The second kappa shape index (κ2) is 8.32. The first-order valence-corrected chi connectivity index (χ1v) is 7.39. The zero-order valence-electron chi connectivity index (χ0n) is 12.7. The Labute approximate surface area is 125 Å². The Balaban J connectivity index is 2.17. The topological polar surface area (TPSA) is 59.9 Å². The van der Waals surface area contributed by atoms with Crippen LogP contribution >= 0.6 is 0 Å². The Morgan fingerprint density at radius 1 is 1.24 bits per heavy atom. The van der Waals surface area contributed by atoms with Crippen LogP contribution in [0.2, 0.25) is 0 Å². The van der Waals surface area contributed by atoms with E-state index in [0.29, 0.717) is 13.2 Å². The highest BCUT2D eigenvalue weighted by atomic mass is 16.5. The number of nitrogens with zero attached hydrogens (tertiary/aromatic N) is 3. The minimum Gasteiger partial charge on any atom is -0.374 e. The lowest BCUT2D eigenvalue weighted by molar-refractivity contribution is 0.128. The minimum absolute atomic E-state index is 0.443. The fraction of sp³-hybridized carbons (Fsp3) is 0.438. The SMILES string of the molecule is CCCNc1cc(Cc2cccnc2)nc(COCC)n1. The van der Waals surface area contributed by atoms with Gasteiger partial charge in [0.25, 0.3) is 0 Å². The lowest BCUT2D eigenvalue weighted by atomic mass is 10.1. The average Bonchev–Trinajstić information content (AvgIpc) is 2.52. The number of hydrogen-bond acceptors (Lipinski definition) is 5. The third kappa shape index (κ3) is 5.11. The van der Waals surface area contributed by atoms with Crippen molar-refractivity contribution in [3.8, 4) is 0 Å². The molecule has 5 heteroatoms. The molecule has 2 rings (SSSR count). The molecule has 0 aliphatic carbocycles. The van der Waals surface area contributed by atoms with Crippen LogP contribution in [-0.4, -0.2) is 28.1 Å². The van der Waals surface area contributed by atoms with Crippen molar-refractivity contribution >= 4 is 5.82 Å². The Hall–Kier alpha value is -2.01. The van der Waals surface area contributed by atoms with Crippen molar-refractivity contribution in [1.29, 1.82) is 0 Å². The van der Waals surface area contributed by atoms with Gasteiger partial charge in [0, 0.05) is 38.0 Å². The van der Waals surface area contributed by atoms with Gasteiger partial charge in [0.15, 0.2) is 5.82 Å². The van der Waals surface area contributed by atoms with Gasteiger partial charge in [-0.3, -0.25) is 4.98 Å². The van der Waals surface area contributed by atoms with Gasteiger partial charge >= 0.3 is 0 Å². The largest absolute Gasteiger partial charge is 0.374 e. The molecule has 0 atom stereocenters. The van der Waals surface area contributed by atoms with Gasteiger partial charge in [0.2, 0.25) is 0 Å². The van der Waals surface area contributed by atoms with E-state index in [1.165, 1.54) is 0 Å². The van der Waals surface area contributed by atoms with Gasteiger partial charge in [-0.2, -0.15) is 0 Å². The fourth-order valence-electron chi connectivity index (χ4n) is 1.96. The first kappa shape index (κ1) is 15.4. The van der Waals surface area contributed by atoms with E-state index < -0.39 is 0 Å². The van der Waals surface area contributed by atoms with E-state index in [1.54, 1.807) is 6.20 Å². The second-order valence-corrected chi connectivity index (χ2v) is 4.76. The molecule has 21 heavy (non-hydrogen) atoms. The van der Waals surface area contributed by atoms with Crippen LogP contribution in [-0.2, 0) is 17.8 Å². The molecule has 0 spiro atoms. The summed E-state index contributed by atoms with van der Waals surface area (Å²) < 4.78 is 5.42. The summed E-state index contributed by atoms with van der Waals surface area (Å²) in [6.07, 6.45) is 5.45. The fourth-order valence-corrected chi connectivity index (χ4v) is 1.96. The van der Waals surface area contributed by atoms with Crippen molar-refractivity contribution in [2.45, 2.75) is 33.3 Å². The van der Waals surface area contributed by atoms with Gasteiger partial charge < -0.3 is 10.1 Å². The van der Waals surface area contributed by atoms with Crippen LogP contribution in [0, 0.1) is 0 Å². The molecular formula is C16H22N4O. The Morgan fingerprint density at radius 2 is 2.14 bits per heavy atom. The summed E-state index contributed by atoms with van der Waals surface area (Å²) in [4.78, 5) is 13.2. The molecule has 2 aromatic rings. The maximum atomic E-state index is 5.42. The van der Waals surface area contributed by atoms with Gasteiger partial charge in [-0.15, -0.1) is 0 Å². The molecule has 0 aromatic carbocycles. The molecule has 2 heterocycles. The number of rotatable bonds is 8. The molecule has 1 N–H and O–H groups in total.